The molecular weight excluding hydrogens is 298 g/mol. The molecule has 2 aliphatic rings. The fraction of sp³-hybridized carbons (Fsp3) is 0.647. The number of halogens is 1. The van der Waals surface area contributed by atoms with Crippen LogP contribution in [-0.2, 0) is 6.42 Å². The molecule has 0 spiro atoms. The van der Waals surface area contributed by atoms with Crippen molar-refractivity contribution in [3.05, 3.63) is 33.8 Å². The summed E-state index contributed by atoms with van der Waals surface area (Å²) in [6, 6.07) is 7.89. The van der Waals surface area contributed by atoms with Crippen molar-refractivity contribution in [2.24, 2.45) is 5.92 Å². The molecule has 2 unspecified atom stereocenters. The van der Waals surface area contributed by atoms with Gasteiger partial charge in [-0.05, 0) is 55.7 Å². The molecule has 19 heavy (non-hydrogen) atoms. The van der Waals surface area contributed by atoms with Crippen LogP contribution >= 0.6 is 15.9 Å². The predicted octanol–water partition coefficient (Wildman–Crippen LogP) is 4.99. The van der Waals surface area contributed by atoms with E-state index in [0.29, 0.717) is 12.1 Å². The molecule has 1 nitrogen and oxygen atoms in total. The molecule has 1 aromatic rings. The number of fused-ring (bicyclic) bond motifs is 1. The highest BCUT2D eigenvalue weighted by atomic mass is 79.9. The summed E-state index contributed by atoms with van der Waals surface area (Å²) in [5, 5.41) is 3.91. The van der Waals surface area contributed by atoms with Crippen LogP contribution in [0.4, 0.5) is 0 Å². The van der Waals surface area contributed by atoms with E-state index in [9.17, 15) is 0 Å². The van der Waals surface area contributed by atoms with Gasteiger partial charge in [0, 0.05) is 16.6 Å². The third-order valence-corrected chi connectivity index (χ3v) is 5.78. The summed E-state index contributed by atoms with van der Waals surface area (Å²) in [6.45, 7) is 2.39. The summed E-state index contributed by atoms with van der Waals surface area (Å²) in [6.07, 6.45) is 9.63. The largest absolute Gasteiger partial charge is 0.307 e. The van der Waals surface area contributed by atoms with Gasteiger partial charge in [0.2, 0.25) is 0 Å². The summed E-state index contributed by atoms with van der Waals surface area (Å²) in [5.41, 5.74) is 3.05. The van der Waals surface area contributed by atoms with Gasteiger partial charge in [0.05, 0.1) is 0 Å². The van der Waals surface area contributed by atoms with Gasteiger partial charge in [-0.1, -0.05) is 47.3 Å². The monoisotopic (exact) mass is 321 g/mol. The third kappa shape index (κ3) is 2.90. The van der Waals surface area contributed by atoms with Crippen LogP contribution < -0.4 is 5.32 Å². The highest BCUT2D eigenvalue weighted by Gasteiger charge is 2.27. The molecule has 0 aromatic heterocycles. The Hall–Kier alpha value is -0.340. The molecule has 2 heteroatoms. The van der Waals surface area contributed by atoms with Gasteiger partial charge in [0.15, 0.2) is 0 Å². The van der Waals surface area contributed by atoms with E-state index in [1.54, 1.807) is 0 Å². The first-order valence-electron chi connectivity index (χ1n) is 7.79. The van der Waals surface area contributed by atoms with Gasteiger partial charge in [-0.3, -0.25) is 0 Å². The van der Waals surface area contributed by atoms with Gasteiger partial charge in [0.1, 0.15) is 0 Å². The Kier molecular flexibility index (Phi) is 4.28. The normalized spacial score (nSPS) is 25.3. The number of rotatable bonds is 3. The first kappa shape index (κ1) is 13.6. The highest BCUT2D eigenvalue weighted by molar-refractivity contribution is 9.10. The van der Waals surface area contributed by atoms with E-state index in [1.807, 2.05) is 0 Å². The molecule has 1 saturated carbocycles. The van der Waals surface area contributed by atoms with Crippen LogP contribution in [0.15, 0.2) is 22.7 Å². The molecule has 1 fully saturated rings. The van der Waals surface area contributed by atoms with Gasteiger partial charge >= 0.3 is 0 Å². The third-order valence-electron chi connectivity index (χ3n) is 5.03. The lowest BCUT2D eigenvalue weighted by atomic mass is 9.84. The smallest absolute Gasteiger partial charge is 0.0328 e. The fourth-order valence-corrected chi connectivity index (χ4v) is 4.45. The summed E-state index contributed by atoms with van der Waals surface area (Å²) >= 11 is 3.69. The second-order valence-corrected chi connectivity index (χ2v) is 7.11. The lowest BCUT2D eigenvalue weighted by Gasteiger charge is -2.31. The fourth-order valence-electron chi connectivity index (χ4n) is 3.87. The zero-order valence-corrected chi connectivity index (χ0v) is 13.4. The Bertz CT molecular complexity index is 437. The Morgan fingerprint density at radius 3 is 2.74 bits per heavy atom. The van der Waals surface area contributed by atoms with Crippen LogP contribution in [0.25, 0.3) is 0 Å². The molecule has 3 rings (SSSR count). The Morgan fingerprint density at radius 1 is 1.16 bits per heavy atom. The van der Waals surface area contributed by atoms with Crippen molar-refractivity contribution in [3.63, 3.8) is 0 Å². The minimum atomic E-state index is 0.574. The van der Waals surface area contributed by atoms with Crippen molar-refractivity contribution in [1.29, 1.82) is 0 Å². The first-order valence-corrected chi connectivity index (χ1v) is 8.58. The standard InChI is InChI=1S/C17H24BrN/c1-12(13-6-3-2-4-7-13)19-17-11-10-14-15(17)8-5-9-16(14)18/h5,8-9,12-13,17,19H,2-4,6-7,10-11H2,1H3. The van der Waals surface area contributed by atoms with E-state index in [2.05, 4.69) is 46.4 Å². The lowest BCUT2D eigenvalue weighted by molar-refractivity contribution is 0.264. The van der Waals surface area contributed by atoms with Crippen molar-refractivity contribution in [2.75, 3.05) is 0 Å². The number of hydrogen-bond acceptors (Lipinski definition) is 1. The summed E-state index contributed by atoms with van der Waals surface area (Å²) in [5.74, 6) is 0.893. The number of hydrogen-bond donors (Lipinski definition) is 1. The molecule has 0 heterocycles. The maximum Gasteiger partial charge on any atom is 0.0328 e. The SMILES string of the molecule is CC(NC1CCc2c(Br)cccc21)C1CCCCC1. The zero-order valence-electron chi connectivity index (χ0n) is 11.8. The van der Waals surface area contributed by atoms with Gasteiger partial charge < -0.3 is 5.32 Å². The minimum absolute atomic E-state index is 0.574. The molecule has 0 aliphatic heterocycles. The van der Waals surface area contributed by atoms with Gasteiger partial charge in [0.25, 0.3) is 0 Å². The molecule has 0 radical (unpaired) electrons. The first-order chi connectivity index (χ1) is 9.25. The molecule has 2 atom stereocenters. The maximum absolute atomic E-state index is 3.91. The zero-order chi connectivity index (χ0) is 13.2. The molecule has 0 bridgehead atoms. The van der Waals surface area contributed by atoms with E-state index in [1.165, 1.54) is 60.5 Å². The molecule has 2 aliphatic carbocycles. The molecule has 0 amide bonds. The molecular formula is C17H24BrN. The molecule has 104 valence electrons. The molecule has 1 aromatic carbocycles. The van der Waals surface area contributed by atoms with E-state index in [-0.39, 0.29) is 0 Å². The highest BCUT2D eigenvalue weighted by Crippen LogP contribution is 2.37. The van der Waals surface area contributed by atoms with Crippen LogP contribution in [0.2, 0.25) is 0 Å². The van der Waals surface area contributed by atoms with E-state index in [0.717, 1.165) is 5.92 Å². The van der Waals surface area contributed by atoms with Crippen molar-refractivity contribution >= 4 is 15.9 Å². The number of nitrogens with one attached hydrogen (secondary N) is 1. The maximum atomic E-state index is 3.91. The average molecular weight is 322 g/mol. The van der Waals surface area contributed by atoms with Crippen LogP contribution in [-0.4, -0.2) is 6.04 Å². The second-order valence-electron chi connectivity index (χ2n) is 6.25. The van der Waals surface area contributed by atoms with Crippen molar-refractivity contribution < 1.29 is 0 Å². The van der Waals surface area contributed by atoms with Crippen molar-refractivity contribution in [3.8, 4) is 0 Å². The molecule has 1 N–H and O–H groups in total. The van der Waals surface area contributed by atoms with Crippen LogP contribution in [0, 0.1) is 5.92 Å². The van der Waals surface area contributed by atoms with Gasteiger partial charge in [-0.25, -0.2) is 0 Å². The van der Waals surface area contributed by atoms with Crippen LogP contribution in [0.3, 0.4) is 0 Å². The van der Waals surface area contributed by atoms with Crippen LogP contribution in [0.5, 0.6) is 0 Å². The Labute approximate surface area is 125 Å². The van der Waals surface area contributed by atoms with Gasteiger partial charge in [-0.15, -0.1) is 0 Å². The Balaban J connectivity index is 1.67. The summed E-state index contributed by atoms with van der Waals surface area (Å²) < 4.78 is 1.29. The van der Waals surface area contributed by atoms with Gasteiger partial charge in [-0.2, -0.15) is 0 Å². The molecule has 0 saturated heterocycles. The summed E-state index contributed by atoms with van der Waals surface area (Å²) in [7, 11) is 0. The van der Waals surface area contributed by atoms with Crippen molar-refractivity contribution in [2.45, 2.75) is 64.0 Å². The van der Waals surface area contributed by atoms with E-state index >= 15 is 0 Å². The predicted molar refractivity (Wildman–Crippen MR) is 84.4 cm³/mol. The summed E-state index contributed by atoms with van der Waals surface area (Å²) in [4.78, 5) is 0. The second kappa shape index (κ2) is 5.97. The Morgan fingerprint density at radius 2 is 1.95 bits per heavy atom. The van der Waals surface area contributed by atoms with E-state index in [4.69, 9.17) is 0 Å². The van der Waals surface area contributed by atoms with Crippen LogP contribution in [0.1, 0.15) is 62.6 Å². The number of benzene rings is 1. The minimum Gasteiger partial charge on any atom is -0.307 e. The van der Waals surface area contributed by atoms with E-state index < -0.39 is 0 Å². The quantitative estimate of drug-likeness (QED) is 0.826. The van der Waals surface area contributed by atoms with Crippen molar-refractivity contribution in [1.82, 2.24) is 5.32 Å². The average Bonchev–Trinajstić information content (AvgIpc) is 2.84. The topological polar surface area (TPSA) is 12.0 Å². The lowest BCUT2D eigenvalue weighted by Crippen LogP contribution is -2.36.